The normalized spacial score (nSPS) is 10.6. The van der Waals surface area contributed by atoms with Crippen LogP contribution in [0.15, 0.2) is 15.9 Å². The number of aromatic amines is 1. The molecule has 0 radical (unpaired) electrons. The van der Waals surface area contributed by atoms with Gasteiger partial charge in [-0.05, 0) is 28.1 Å². The highest BCUT2D eigenvalue weighted by Crippen LogP contribution is 2.32. The molecule has 0 spiro atoms. The predicted molar refractivity (Wildman–Crippen MR) is 54.0 cm³/mol. The monoisotopic (exact) mass is 261 g/mol. The van der Waals surface area contributed by atoms with Gasteiger partial charge < -0.3 is 5.73 Å². The molecule has 68 valence electrons. The Bertz CT molecular complexity index is 437. The zero-order valence-electron chi connectivity index (χ0n) is 6.34. The molecule has 0 atom stereocenters. The topological polar surface area (TPSA) is 54.7 Å². The molecular weight excluding hydrogens is 257 g/mol. The molecule has 0 aliphatic rings. The molecule has 0 saturated heterocycles. The Balaban J connectivity index is 2.52. The summed E-state index contributed by atoms with van der Waals surface area (Å²) in [7, 11) is 0. The SMILES string of the molecule is Nc1n[nH]c(-c2ccc(Br)s2)c1F. The molecular formula is C7H5BrFN3S. The van der Waals surface area contributed by atoms with Crippen LogP contribution < -0.4 is 5.73 Å². The fraction of sp³-hybridized carbons (Fsp3) is 0. The van der Waals surface area contributed by atoms with Crippen LogP contribution in [-0.4, -0.2) is 10.2 Å². The van der Waals surface area contributed by atoms with Crippen LogP contribution in [0, 0.1) is 5.82 Å². The highest BCUT2D eigenvalue weighted by Gasteiger charge is 2.13. The Morgan fingerprint density at radius 1 is 1.54 bits per heavy atom. The second-order valence-electron chi connectivity index (χ2n) is 2.40. The number of nitrogens with two attached hydrogens (primary N) is 1. The molecule has 0 amide bonds. The first kappa shape index (κ1) is 8.71. The number of hydrogen-bond donors (Lipinski definition) is 2. The molecule has 0 bridgehead atoms. The number of thiophene rings is 1. The number of nitrogens with zero attached hydrogens (tertiary/aromatic N) is 1. The van der Waals surface area contributed by atoms with Crippen molar-refractivity contribution < 1.29 is 4.39 Å². The summed E-state index contributed by atoms with van der Waals surface area (Å²) in [4.78, 5) is 0.772. The number of nitrogens with one attached hydrogen (secondary N) is 1. The molecule has 0 aliphatic carbocycles. The van der Waals surface area contributed by atoms with Crippen LogP contribution in [0.3, 0.4) is 0 Å². The van der Waals surface area contributed by atoms with E-state index < -0.39 is 5.82 Å². The number of rotatable bonds is 1. The summed E-state index contributed by atoms with van der Waals surface area (Å²) in [5, 5.41) is 6.11. The lowest BCUT2D eigenvalue weighted by atomic mass is 10.3. The van der Waals surface area contributed by atoms with Crippen molar-refractivity contribution in [3.63, 3.8) is 0 Å². The number of H-pyrrole nitrogens is 1. The Labute approximate surface area is 85.9 Å². The van der Waals surface area contributed by atoms with E-state index >= 15 is 0 Å². The van der Waals surface area contributed by atoms with E-state index in [1.165, 1.54) is 11.3 Å². The fourth-order valence-corrected chi connectivity index (χ4v) is 2.33. The highest BCUT2D eigenvalue weighted by atomic mass is 79.9. The molecule has 13 heavy (non-hydrogen) atoms. The van der Waals surface area contributed by atoms with E-state index in [1.54, 1.807) is 6.07 Å². The van der Waals surface area contributed by atoms with Crippen molar-refractivity contribution in [2.45, 2.75) is 0 Å². The Hall–Kier alpha value is -0.880. The average Bonchev–Trinajstić information content (AvgIpc) is 2.62. The first-order valence-corrected chi connectivity index (χ1v) is 5.04. The third kappa shape index (κ3) is 1.47. The van der Waals surface area contributed by atoms with Crippen molar-refractivity contribution in [2.24, 2.45) is 0 Å². The van der Waals surface area contributed by atoms with Gasteiger partial charge in [0.05, 0.1) is 8.66 Å². The van der Waals surface area contributed by atoms with Gasteiger partial charge in [0, 0.05) is 0 Å². The summed E-state index contributed by atoms with van der Waals surface area (Å²) in [6.07, 6.45) is 0. The summed E-state index contributed by atoms with van der Waals surface area (Å²) >= 11 is 4.71. The Morgan fingerprint density at radius 2 is 2.31 bits per heavy atom. The minimum absolute atomic E-state index is 0.0977. The molecule has 6 heteroatoms. The van der Waals surface area contributed by atoms with E-state index in [0.29, 0.717) is 5.69 Å². The zero-order chi connectivity index (χ0) is 9.42. The highest BCUT2D eigenvalue weighted by molar-refractivity contribution is 9.11. The van der Waals surface area contributed by atoms with Crippen molar-refractivity contribution in [1.82, 2.24) is 10.2 Å². The van der Waals surface area contributed by atoms with E-state index in [1.807, 2.05) is 6.07 Å². The minimum Gasteiger partial charge on any atom is -0.380 e. The first-order valence-electron chi connectivity index (χ1n) is 3.43. The lowest BCUT2D eigenvalue weighted by molar-refractivity contribution is 0.637. The minimum atomic E-state index is -0.491. The summed E-state index contributed by atoms with van der Waals surface area (Å²) in [5.41, 5.74) is 5.60. The quantitative estimate of drug-likeness (QED) is 0.830. The molecule has 3 nitrogen and oxygen atoms in total. The van der Waals surface area contributed by atoms with Crippen molar-refractivity contribution in [1.29, 1.82) is 0 Å². The van der Waals surface area contributed by atoms with Gasteiger partial charge in [-0.1, -0.05) is 0 Å². The summed E-state index contributed by atoms with van der Waals surface area (Å²) in [6, 6.07) is 3.64. The van der Waals surface area contributed by atoms with Crippen LogP contribution in [0.25, 0.3) is 10.6 Å². The van der Waals surface area contributed by atoms with Crippen LogP contribution in [0.2, 0.25) is 0 Å². The predicted octanol–water partition coefficient (Wildman–Crippen LogP) is 2.62. The maximum Gasteiger partial charge on any atom is 0.193 e. The van der Waals surface area contributed by atoms with E-state index in [0.717, 1.165) is 8.66 Å². The maximum absolute atomic E-state index is 13.2. The first-order chi connectivity index (χ1) is 6.18. The number of hydrogen-bond acceptors (Lipinski definition) is 3. The number of aromatic nitrogens is 2. The van der Waals surface area contributed by atoms with Crippen molar-refractivity contribution >= 4 is 33.1 Å². The zero-order valence-corrected chi connectivity index (χ0v) is 8.75. The van der Waals surface area contributed by atoms with Gasteiger partial charge in [-0.2, -0.15) is 5.10 Å². The molecule has 2 aromatic rings. The van der Waals surface area contributed by atoms with Crippen LogP contribution in [0.1, 0.15) is 0 Å². The molecule has 0 aromatic carbocycles. The lowest BCUT2D eigenvalue weighted by Gasteiger charge is -1.89. The third-order valence-corrected chi connectivity index (χ3v) is 3.19. The van der Waals surface area contributed by atoms with E-state index in [2.05, 4.69) is 26.1 Å². The van der Waals surface area contributed by atoms with Gasteiger partial charge >= 0.3 is 0 Å². The summed E-state index contributed by atoms with van der Waals surface area (Å²) < 4.78 is 14.2. The number of halogens is 2. The second-order valence-corrected chi connectivity index (χ2v) is 4.86. The number of anilines is 1. The fourth-order valence-electron chi connectivity index (χ4n) is 0.954. The molecule has 0 unspecified atom stereocenters. The van der Waals surface area contributed by atoms with Gasteiger partial charge in [-0.15, -0.1) is 11.3 Å². The van der Waals surface area contributed by atoms with E-state index in [9.17, 15) is 4.39 Å². The molecule has 0 aliphatic heterocycles. The van der Waals surface area contributed by atoms with Gasteiger partial charge in [0.25, 0.3) is 0 Å². The molecule has 0 fully saturated rings. The molecule has 2 aromatic heterocycles. The molecule has 0 saturated carbocycles. The van der Waals surface area contributed by atoms with Crippen LogP contribution in [0.4, 0.5) is 10.2 Å². The van der Waals surface area contributed by atoms with Gasteiger partial charge in [0.2, 0.25) is 0 Å². The molecule has 3 N–H and O–H groups in total. The standard InChI is InChI=1S/C7H5BrFN3S/c8-4-2-1-3(13-4)6-5(9)7(10)12-11-6/h1-2H,(H3,10,11,12). The van der Waals surface area contributed by atoms with Crippen molar-refractivity contribution in [2.75, 3.05) is 5.73 Å². The molecule has 2 rings (SSSR count). The van der Waals surface area contributed by atoms with Gasteiger partial charge in [0.1, 0.15) is 5.69 Å². The largest absolute Gasteiger partial charge is 0.380 e. The third-order valence-electron chi connectivity index (χ3n) is 1.55. The average molecular weight is 262 g/mol. The van der Waals surface area contributed by atoms with Crippen LogP contribution in [-0.2, 0) is 0 Å². The lowest BCUT2D eigenvalue weighted by Crippen LogP contribution is -1.86. The van der Waals surface area contributed by atoms with Crippen LogP contribution in [0.5, 0.6) is 0 Å². The number of nitrogen functional groups attached to an aromatic ring is 1. The van der Waals surface area contributed by atoms with Crippen molar-refractivity contribution in [3.05, 3.63) is 21.7 Å². The van der Waals surface area contributed by atoms with Crippen molar-refractivity contribution in [3.8, 4) is 10.6 Å². The maximum atomic E-state index is 13.2. The Morgan fingerprint density at radius 3 is 2.77 bits per heavy atom. The summed E-state index contributed by atoms with van der Waals surface area (Å²) in [5.74, 6) is -0.589. The van der Waals surface area contributed by atoms with E-state index in [4.69, 9.17) is 5.73 Å². The molecule has 2 heterocycles. The second kappa shape index (κ2) is 3.12. The van der Waals surface area contributed by atoms with Gasteiger partial charge in [-0.3, -0.25) is 5.10 Å². The van der Waals surface area contributed by atoms with E-state index in [-0.39, 0.29) is 5.82 Å². The van der Waals surface area contributed by atoms with Gasteiger partial charge in [-0.25, -0.2) is 4.39 Å². The Kier molecular flexibility index (Phi) is 2.09. The smallest absolute Gasteiger partial charge is 0.193 e. The summed E-state index contributed by atoms with van der Waals surface area (Å²) in [6.45, 7) is 0. The van der Waals surface area contributed by atoms with Crippen LogP contribution >= 0.6 is 27.3 Å². The van der Waals surface area contributed by atoms with Gasteiger partial charge in [0.15, 0.2) is 11.6 Å².